The Kier molecular flexibility index (Phi) is 4.31. The molecular formula is C8H13Br2. The molecule has 10 heavy (non-hydrogen) atoms. The van der Waals surface area contributed by atoms with E-state index in [2.05, 4.69) is 31.9 Å². The molecule has 0 aromatic carbocycles. The fourth-order valence-corrected chi connectivity index (χ4v) is 2.35. The standard InChI is InChI=1S/C8H13Br2/c9-7-5-3-1-2-4-6-8(7)10/h7H,1-6H2. The molecule has 59 valence electrons. The van der Waals surface area contributed by atoms with Gasteiger partial charge >= 0.3 is 0 Å². The Hall–Kier alpha value is 0.960. The highest BCUT2D eigenvalue weighted by Gasteiger charge is 2.17. The van der Waals surface area contributed by atoms with E-state index in [1.54, 1.807) is 0 Å². The average Bonchev–Trinajstić information content (AvgIpc) is 1.92. The summed E-state index contributed by atoms with van der Waals surface area (Å²) in [5.41, 5.74) is 0. The first kappa shape index (κ1) is 9.05. The summed E-state index contributed by atoms with van der Waals surface area (Å²) >= 11 is 7.26. The molecule has 0 heterocycles. The van der Waals surface area contributed by atoms with Crippen molar-refractivity contribution in [2.75, 3.05) is 0 Å². The Balaban J connectivity index is 2.28. The maximum Gasteiger partial charge on any atom is 0.0546 e. The monoisotopic (exact) mass is 267 g/mol. The van der Waals surface area contributed by atoms with Crippen LogP contribution in [0.15, 0.2) is 0 Å². The molecule has 0 aromatic heterocycles. The van der Waals surface area contributed by atoms with Gasteiger partial charge in [-0.15, -0.1) is 0 Å². The van der Waals surface area contributed by atoms with Crippen LogP contribution in [0, 0.1) is 4.83 Å². The van der Waals surface area contributed by atoms with Crippen molar-refractivity contribution in [2.45, 2.75) is 43.4 Å². The lowest BCUT2D eigenvalue weighted by Gasteiger charge is -2.18. The lowest BCUT2D eigenvalue weighted by atomic mass is 10.0. The van der Waals surface area contributed by atoms with E-state index in [1.165, 1.54) is 43.4 Å². The van der Waals surface area contributed by atoms with Crippen LogP contribution in [0.4, 0.5) is 0 Å². The molecule has 0 saturated heterocycles. The first-order valence-corrected chi connectivity index (χ1v) is 5.67. The highest BCUT2D eigenvalue weighted by Crippen LogP contribution is 2.33. The van der Waals surface area contributed by atoms with Crippen LogP contribution in [0.5, 0.6) is 0 Å². The van der Waals surface area contributed by atoms with Crippen molar-refractivity contribution in [3.05, 3.63) is 4.83 Å². The van der Waals surface area contributed by atoms with Crippen molar-refractivity contribution >= 4 is 31.9 Å². The molecule has 1 atom stereocenters. The normalized spacial score (nSPS) is 31.2. The van der Waals surface area contributed by atoms with Crippen molar-refractivity contribution in [1.29, 1.82) is 0 Å². The summed E-state index contributed by atoms with van der Waals surface area (Å²) in [6.45, 7) is 0. The minimum absolute atomic E-state index is 0.632. The summed E-state index contributed by atoms with van der Waals surface area (Å²) < 4.78 is 0. The quantitative estimate of drug-likeness (QED) is 0.582. The second-order valence-corrected chi connectivity index (χ2v) is 4.99. The van der Waals surface area contributed by atoms with E-state index in [9.17, 15) is 0 Å². The van der Waals surface area contributed by atoms with Gasteiger partial charge in [0.1, 0.15) is 0 Å². The molecule has 1 rings (SSSR count). The van der Waals surface area contributed by atoms with Crippen molar-refractivity contribution in [2.24, 2.45) is 0 Å². The van der Waals surface area contributed by atoms with Gasteiger partial charge in [-0.2, -0.15) is 0 Å². The summed E-state index contributed by atoms with van der Waals surface area (Å²) in [4.78, 5) is 2.10. The number of rotatable bonds is 0. The smallest absolute Gasteiger partial charge is 0.0546 e. The maximum atomic E-state index is 3.65. The molecule has 0 N–H and O–H groups in total. The summed E-state index contributed by atoms with van der Waals surface area (Å²) in [6, 6.07) is 0. The third-order valence-corrected chi connectivity index (χ3v) is 4.54. The number of halogens is 2. The molecule has 1 aliphatic rings. The summed E-state index contributed by atoms with van der Waals surface area (Å²) in [5.74, 6) is 0. The Morgan fingerprint density at radius 1 is 1.10 bits per heavy atom. The van der Waals surface area contributed by atoms with Gasteiger partial charge in [0.05, 0.1) is 4.83 Å². The number of hydrogen-bond donors (Lipinski definition) is 0. The lowest BCUT2D eigenvalue weighted by Crippen LogP contribution is -2.08. The Labute approximate surface area is 80.0 Å². The molecule has 1 aliphatic carbocycles. The molecule has 0 aromatic rings. The van der Waals surface area contributed by atoms with Crippen molar-refractivity contribution in [3.8, 4) is 0 Å². The largest absolute Gasteiger partial charge is 0.0875 e. The van der Waals surface area contributed by atoms with Crippen molar-refractivity contribution < 1.29 is 0 Å². The van der Waals surface area contributed by atoms with Crippen LogP contribution >= 0.6 is 31.9 Å². The zero-order chi connectivity index (χ0) is 7.40. The molecular weight excluding hydrogens is 256 g/mol. The first-order valence-electron chi connectivity index (χ1n) is 3.96. The van der Waals surface area contributed by atoms with Crippen LogP contribution in [0.1, 0.15) is 38.5 Å². The van der Waals surface area contributed by atoms with Gasteiger partial charge in [-0.25, -0.2) is 0 Å². The Bertz CT molecular complexity index is 81.3. The van der Waals surface area contributed by atoms with E-state index in [0.29, 0.717) is 4.83 Å². The fraction of sp³-hybridized carbons (Fsp3) is 0.875. The van der Waals surface area contributed by atoms with Gasteiger partial charge in [-0.1, -0.05) is 57.5 Å². The summed E-state index contributed by atoms with van der Waals surface area (Å²) in [7, 11) is 0. The van der Waals surface area contributed by atoms with E-state index in [0.717, 1.165) is 0 Å². The first-order chi connectivity index (χ1) is 4.80. The van der Waals surface area contributed by atoms with Crippen LogP contribution in [-0.2, 0) is 0 Å². The second-order valence-electron chi connectivity index (χ2n) is 2.87. The van der Waals surface area contributed by atoms with Gasteiger partial charge in [-0.05, 0) is 12.8 Å². The average molecular weight is 269 g/mol. The van der Waals surface area contributed by atoms with Crippen molar-refractivity contribution in [3.63, 3.8) is 0 Å². The van der Waals surface area contributed by atoms with E-state index < -0.39 is 0 Å². The van der Waals surface area contributed by atoms with Crippen LogP contribution in [0.3, 0.4) is 0 Å². The van der Waals surface area contributed by atoms with Gasteiger partial charge in [-0.3, -0.25) is 0 Å². The fourth-order valence-electron chi connectivity index (χ4n) is 1.28. The SMILES string of the molecule is Br[C]1CCCCCCC1Br. The third-order valence-electron chi connectivity index (χ3n) is 1.96. The molecule has 0 spiro atoms. The molecule has 0 aliphatic heterocycles. The number of alkyl halides is 1. The zero-order valence-electron chi connectivity index (χ0n) is 6.08. The summed E-state index contributed by atoms with van der Waals surface area (Å²) in [6.07, 6.45) is 8.14. The highest BCUT2D eigenvalue weighted by molar-refractivity contribution is 9.13. The molecule has 1 radical (unpaired) electrons. The Morgan fingerprint density at radius 2 is 1.80 bits per heavy atom. The molecule has 0 amide bonds. The summed E-state index contributed by atoms with van der Waals surface area (Å²) in [5, 5.41) is 0. The van der Waals surface area contributed by atoms with Gasteiger partial charge in [0, 0.05) is 4.83 Å². The second kappa shape index (κ2) is 4.76. The minimum atomic E-state index is 0.632. The van der Waals surface area contributed by atoms with Crippen LogP contribution in [0.2, 0.25) is 0 Å². The van der Waals surface area contributed by atoms with Gasteiger partial charge in [0.15, 0.2) is 0 Å². The molecule has 1 unspecified atom stereocenters. The van der Waals surface area contributed by atoms with Crippen LogP contribution in [-0.4, -0.2) is 4.83 Å². The molecule has 1 fully saturated rings. The highest BCUT2D eigenvalue weighted by atomic mass is 79.9. The molecule has 0 nitrogen and oxygen atoms in total. The zero-order valence-corrected chi connectivity index (χ0v) is 9.25. The molecule has 2 heteroatoms. The molecule has 0 bridgehead atoms. The third kappa shape index (κ3) is 2.91. The van der Waals surface area contributed by atoms with Gasteiger partial charge < -0.3 is 0 Å². The van der Waals surface area contributed by atoms with E-state index in [4.69, 9.17) is 0 Å². The van der Waals surface area contributed by atoms with E-state index in [-0.39, 0.29) is 0 Å². The van der Waals surface area contributed by atoms with Gasteiger partial charge in [0.25, 0.3) is 0 Å². The predicted molar refractivity (Wildman–Crippen MR) is 52.6 cm³/mol. The van der Waals surface area contributed by atoms with Gasteiger partial charge in [0.2, 0.25) is 0 Å². The topological polar surface area (TPSA) is 0 Å². The lowest BCUT2D eigenvalue weighted by molar-refractivity contribution is 0.568. The minimum Gasteiger partial charge on any atom is -0.0875 e. The molecule has 1 saturated carbocycles. The number of hydrogen-bond acceptors (Lipinski definition) is 0. The predicted octanol–water partition coefficient (Wildman–Crippen LogP) is 4.03. The van der Waals surface area contributed by atoms with Crippen LogP contribution < -0.4 is 0 Å². The van der Waals surface area contributed by atoms with E-state index >= 15 is 0 Å². The van der Waals surface area contributed by atoms with Crippen molar-refractivity contribution in [1.82, 2.24) is 0 Å². The van der Waals surface area contributed by atoms with E-state index in [1.807, 2.05) is 0 Å². The Morgan fingerprint density at radius 3 is 2.60 bits per heavy atom. The van der Waals surface area contributed by atoms with Crippen LogP contribution in [0.25, 0.3) is 0 Å². The maximum absolute atomic E-state index is 3.65.